The van der Waals surface area contributed by atoms with Gasteiger partial charge in [0.1, 0.15) is 18.6 Å². The van der Waals surface area contributed by atoms with Crippen LogP contribution in [0.5, 0.6) is 0 Å². The van der Waals surface area contributed by atoms with Crippen molar-refractivity contribution in [2.75, 3.05) is 11.4 Å². The van der Waals surface area contributed by atoms with Crippen molar-refractivity contribution in [3.63, 3.8) is 0 Å². The topological polar surface area (TPSA) is 62.1 Å². The second-order valence-electron chi connectivity index (χ2n) is 3.99. The Balaban J connectivity index is 2.22. The number of halogens is 4. The summed E-state index contributed by atoms with van der Waals surface area (Å²) < 4.78 is 54.7. The molecule has 5 nitrogen and oxygen atoms in total. The molecule has 1 N–H and O–H groups in total. The van der Waals surface area contributed by atoms with Crippen LogP contribution in [-0.2, 0) is 6.54 Å². The van der Waals surface area contributed by atoms with Crippen molar-refractivity contribution in [2.45, 2.75) is 12.7 Å². The summed E-state index contributed by atoms with van der Waals surface area (Å²) in [6, 6.07) is 2.35. The standard InChI is InChI=1S/C11H9F4N3O2/c12-8-2-1-7(3-16-8)4-18(6-11(13,14)15)9-5-20-10(19)17-9/h1-3,5H,4,6H2,(H,17,19). The van der Waals surface area contributed by atoms with Crippen LogP contribution in [0.2, 0.25) is 0 Å². The summed E-state index contributed by atoms with van der Waals surface area (Å²) in [5, 5.41) is 0. The highest BCUT2D eigenvalue weighted by Crippen LogP contribution is 2.22. The molecule has 0 aromatic carbocycles. The number of rotatable bonds is 4. The molecule has 2 aromatic rings. The van der Waals surface area contributed by atoms with E-state index in [4.69, 9.17) is 0 Å². The molecule has 0 saturated heterocycles. The minimum Gasteiger partial charge on any atom is -0.414 e. The summed E-state index contributed by atoms with van der Waals surface area (Å²) in [5.74, 6) is -1.70. The molecule has 2 aromatic heterocycles. The summed E-state index contributed by atoms with van der Waals surface area (Å²) in [7, 11) is 0. The van der Waals surface area contributed by atoms with Crippen molar-refractivity contribution in [2.24, 2.45) is 0 Å². The molecule has 0 saturated carbocycles. The number of nitrogens with one attached hydrogen (secondary N) is 1. The zero-order valence-corrected chi connectivity index (χ0v) is 9.95. The van der Waals surface area contributed by atoms with Gasteiger partial charge in [0, 0.05) is 12.7 Å². The predicted molar refractivity (Wildman–Crippen MR) is 60.6 cm³/mol. The first-order chi connectivity index (χ1) is 9.33. The second kappa shape index (κ2) is 5.35. The first kappa shape index (κ1) is 14.1. The average Bonchev–Trinajstić information content (AvgIpc) is 2.76. The molecule has 0 amide bonds. The van der Waals surface area contributed by atoms with E-state index in [-0.39, 0.29) is 12.4 Å². The molecule has 0 unspecified atom stereocenters. The molecule has 2 rings (SSSR count). The number of alkyl halides is 3. The molecular weight excluding hydrogens is 282 g/mol. The molecule has 0 radical (unpaired) electrons. The molecular formula is C11H9F4N3O2. The minimum absolute atomic E-state index is 0.114. The Morgan fingerprint density at radius 1 is 1.35 bits per heavy atom. The van der Waals surface area contributed by atoms with Gasteiger partial charge < -0.3 is 9.32 Å². The summed E-state index contributed by atoms with van der Waals surface area (Å²) in [5.41, 5.74) is 0.359. The summed E-state index contributed by atoms with van der Waals surface area (Å²) in [4.78, 5) is 17.2. The van der Waals surface area contributed by atoms with Gasteiger partial charge in [-0.1, -0.05) is 6.07 Å². The van der Waals surface area contributed by atoms with Crippen LogP contribution in [-0.4, -0.2) is 22.7 Å². The highest BCUT2D eigenvalue weighted by atomic mass is 19.4. The number of oxazole rings is 1. The third-order valence-corrected chi connectivity index (χ3v) is 2.38. The second-order valence-corrected chi connectivity index (χ2v) is 3.99. The van der Waals surface area contributed by atoms with E-state index in [1.807, 2.05) is 0 Å². The Kier molecular flexibility index (Phi) is 3.77. The van der Waals surface area contributed by atoms with Crippen LogP contribution >= 0.6 is 0 Å². The lowest BCUT2D eigenvalue weighted by atomic mass is 10.2. The van der Waals surface area contributed by atoms with Crippen LogP contribution in [0.3, 0.4) is 0 Å². The molecule has 2 heterocycles. The molecule has 0 aliphatic rings. The molecule has 108 valence electrons. The number of H-pyrrole nitrogens is 1. The van der Waals surface area contributed by atoms with Crippen LogP contribution in [0.25, 0.3) is 0 Å². The number of nitrogens with zero attached hydrogens (tertiary/aromatic N) is 2. The fourth-order valence-corrected chi connectivity index (χ4v) is 1.59. The van der Waals surface area contributed by atoms with E-state index in [0.29, 0.717) is 5.56 Å². The first-order valence-electron chi connectivity index (χ1n) is 5.43. The summed E-state index contributed by atoms with van der Waals surface area (Å²) in [6.07, 6.45) is -2.45. The average molecular weight is 291 g/mol. The Hall–Kier alpha value is -2.32. The van der Waals surface area contributed by atoms with Crippen LogP contribution < -0.4 is 10.7 Å². The molecule has 0 bridgehead atoms. The van der Waals surface area contributed by atoms with Gasteiger partial charge in [0.15, 0.2) is 0 Å². The van der Waals surface area contributed by atoms with Gasteiger partial charge >= 0.3 is 11.9 Å². The normalized spacial score (nSPS) is 11.6. The van der Waals surface area contributed by atoms with Gasteiger partial charge in [-0.2, -0.15) is 17.6 Å². The maximum absolute atomic E-state index is 12.7. The van der Waals surface area contributed by atoms with Gasteiger partial charge in [-0.25, -0.2) is 9.78 Å². The molecule has 0 atom stereocenters. The molecule has 0 fully saturated rings. The van der Waals surface area contributed by atoms with Gasteiger partial charge in [-0.15, -0.1) is 0 Å². The van der Waals surface area contributed by atoms with E-state index in [1.54, 1.807) is 0 Å². The van der Waals surface area contributed by atoms with Gasteiger partial charge in [-0.05, 0) is 11.6 Å². The molecule has 9 heteroatoms. The van der Waals surface area contributed by atoms with Crippen molar-refractivity contribution >= 4 is 5.82 Å². The Morgan fingerprint density at radius 2 is 2.10 bits per heavy atom. The van der Waals surface area contributed by atoms with E-state index >= 15 is 0 Å². The smallest absolute Gasteiger partial charge is 0.414 e. The third kappa shape index (κ3) is 3.84. The zero-order valence-electron chi connectivity index (χ0n) is 9.95. The summed E-state index contributed by atoms with van der Waals surface area (Å²) >= 11 is 0. The van der Waals surface area contributed by atoms with E-state index in [9.17, 15) is 22.4 Å². The number of hydrogen-bond donors (Lipinski definition) is 1. The molecule has 0 aliphatic carbocycles. The fraction of sp³-hybridized carbons (Fsp3) is 0.273. The van der Waals surface area contributed by atoms with Crippen LogP contribution in [0.15, 0.2) is 33.8 Å². The van der Waals surface area contributed by atoms with Gasteiger partial charge in [0.2, 0.25) is 5.95 Å². The van der Waals surface area contributed by atoms with Crippen molar-refractivity contribution in [3.8, 4) is 0 Å². The van der Waals surface area contributed by atoms with Crippen molar-refractivity contribution in [1.82, 2.24) is 9.97 Å². The van der Waals surface area contributed by atoms with Gasteiger partial charge in [-0.3, -0.25) is 4.98 Å². The van der Waals surface area contributed by atoms with Gasteiger partial charge in [0.25, 0.3) is 0 Å². The number of anilines is 1. The lowest BCUT2D eigenvalue weighted by molar-refractivity contribution is -0.120. The van der Waals surface area contributed by atoms with E-state index in [0.717, 1.165) is 23.4 Å². The number of aromatic amines is 1. The third-order valence-electron chi connectivity index (χ3n) is 2.38. The van der Waals surface area contributed by atoms with Gasteiger partial charge in [0.05, 0.1) is 0 Å². The maximum Gasteiger partial charge on any atom is 0.417 e. The zero-order chi connectivity index (χ0) is 14.8. The molecule has 0 spiro atoms. The molecule has 0 aliphatic heterocycles. The largest absolute Gasteiger partial charge is 0.417 e. The highest BCUT2D eigenvalue weighted by Gasteiger charge is 2.31. The first-order valence-corrected chi connectivity index (χ1v) is 5.43. The monoisotopic (exact) mass is 291 g/mol. The lowest BCUT2D eigenvalue weighted by Crippen LogP contribution is -2.34. The van der Waals surface area contributed by atoms with Crippen LogP contribution in [0.4, 0.5) is 23.4 Å². The van der Waals surface area contributed by atoms with Crippen LogP contribution in [0, 0.1) is 5.95 Å². The number of aromatic nitrogens is 2. The van der Waals surface area contributed by atoms with Crippen molar-refractivity contribution < 1.29 is 22.0 Å². The number of pyridine rings is 1. The Bertz CT molecular complexity index is 618. The minimum atomic E-state index is -4.47. The quantitative estimate of drug-likeness (QED) is 0.692. The van der Waals surface area contributed by atoms with Crippen molar-refractivity contribution in [3.05, 3.63) is 46.7 Å². The molecule has 20 heavy (non-hydrogen) atoms. The number of hydrogen-bond acceptors (Lipinski definition) is 4. The van der Waals surface area contributed by atoms with Crippen LogP contribution in [0.1, 0.15) is 5.56 Å². The van der Waals surface area contributed by atoms with E-state index in [1.165, 1.54) is 6.07 Å². The van der Waals surface area contributed by atoms with E-state index < -0.39 is 24.4 Å². The maximum atomic E-state index is 12.7. The highest BCUT2D eigenvalue weighted by molar-refractivity contribution is 5.36. The fourth-order valence-electron chi connectivity index (χ4n) is 1.59. The SMILES string of the molecule is O=c1[nH]c(N(Cc2ccc(F)nc2)CC(F)(F)F)co1. The summed E-state index contributed by atoms with van der Waals surface area (Å²) in [6.45, 7) is -1.50. The lowest BCUT2D eigenvalue weighted by Gasteiger charge is -2.23. The Labute approximate surface area is 109 Å². The predicted octanol–water partition coefficient (Wildman–Crippen LogP) is 2.07. The Morgan fingerprint density at radius 3 is 2.60 bits per heavy atom. The van der Waals surface area contributed by atoms with Crippen molar-refractivity contribution in [1.29, 1.82) is 0 Å². The van der Waals surface area contributed by atoms with E-state index in [2.05, 4.69) is 14.4 Å².